The normalized spacial score (nSPS) is 21.7. The Labute approximate surface area is 108 Å². The van der Waals surface area contributed by atoms with Crippen molar-refractivity contribution in [1.82, 2.24) is 9.61 Å². The monoisotopic (exact) mass is 242 g/mol. The number of aromatic nitrogens is 2. The van der Waals surface area contributed by atoms with E-state index in [9.17, 15) is 0 Å². The molecule has 0 atom stereocenters. The van der Waals surface area contributed by atoms with Crippen molar-refractivity contribution in [3.63, 3.8) is 0 Å². The van der Waals surface area contributed by atoms with Gasteiger partial charge in [0.1, 0.15) is 0 Å². The fourth-order valence-corrected chi connectivity index (χ4v) is 2.64. The van der Waals surface area contributed by atoms with E-state index in [1.165, 1.54) is 5.46 Å². The second kappa shape index (κ2) is 3.61. The van der Waals surface area contributed by atoms with E-state index in [1.807, 2.05) is 29.0 Å². The van der Waals surface area contributed by atoms with Gasteiger partial charge in [0.15, 0.2) is 0 Å². The van der Waals surface area contributed by atoms with Gasteiger partial charge in [-0.3, -0.25) is 0 Å². The summed E-state index contributed by atoms with van der Waals surface area (Å²) >= 11 is 0. The molecular weight excluding hydrogens is 223 g/mol. The largest absolute Gasteiger partial charge is 0.425 e. The minimum atomic E-state index is -0.0965. The van der Waals surface area contributed by atoms with Crippen LogP contribution < -0.4 is 5.46 Å². The lowest BCUT2D eigenvalue weighted by molar-refractivity contribution is 0.0376. The molecule has 2 aromatic heterocycles. The molecule has 0 radical (unpaired) electrons. The third-order valence-electron chi connectivity index (χ3n) is 4.57. The van der Waals surface area contributed by atoms with Gasteiger partial charge >= 0.3 is 6.92 Å². The highest BCUT2D eigenvalue weighted by Crippen LogP contribution is 2.45. The lowest BCUT2D eigenvalue weighted by Gasteiger charge is -2.34. The van der Waals surface area contributed by atoms with E-state index in [4.69, 9.17) is 4.65 Å². The van der Waals surface area contributed by atoms with Crippen LogP contribution in [0.5, 0.6) is 0 Å². The Morgan fingerprint density at radius 1 is 1.28 bits per heavy atom. The van der Waals surface area contributed by atoms with Crippen LogP contribution in [0, 0.1) is 5.41 Å². The lowest BCUT2D eigenvalue weighted by atomic mass is 9.54. The van der Waals surface area contributed by atoms with Crippen molar-refractivity contribution in [3.05, 3.63) is 30.6 Å². The molecule has 0 N–H and O–H groups in total. The van der Waals surface area contributed by atoms with E-state index < -0.39 is 0 Å². The summed E-state index contributed by atoms with van der Waals surface area (Å²) in [7, 11) is 0. The van der Waals surface area contributed by atoms with Crippen molar-refractivity contribution in [2.75, 3.05) is 0 Å². The fraction of sp³-hybridized carbons (Fsp3) is 0.500. The van der Waals surface area contributed by atoms with Gasteiger partial charge in [-0.25, -0.2) is 4.52 Å². The van der Waals surface area contributed by atoms with E-state index in [2.05, 4.69) is 38.9 Å². The molecule has 0 aliphatic carbocycles. The molecule has 0 amide bonds. The van der Waals surface area contributed by atoms with Gasteiger partial charge < -0.3 is 4.65 Å². The topological polar surface area (TPSA) is 26.5 Å². The van der Waals surface area contributed by atoms with Crippen molar-refractivity contribution in [2.24, 2.45) is 5.41 Å². The Bertz CT molecular complexity index is 572. The Balaban J connectivity index is 2.03. The molecule has 18 heavy (non-hydrogen) atoms. The molecule has 3 heterocycles. The molecule has 1 aliphatic heterocycles. The van der Waals surface area contributed by atoms with Gasteiger partial charge in [0.25, 0.3) is 0 Å². The van der Waals surface area contributed by atoms with Crippen LogP contribution in [-0.4, -0.2) is 22.1 Å². The smallest absolute Gasteiger partial charge is 0.331 e. The van der Waals surface area contributed by atoms with Gasteiger partial charge in [0.05, 0.1) is 11.1 Å². The Morgan fingerprint density at radius 2 is 2.06 bits per heavy atom. The molecule has 0 aromatic carbocycles. The first-order chi connectivity index (χ1) is 8.41. The van der Waals surface area contributed by atoms with Crippen LogP contribution in [0.1, 0.15) is 27.7 Å². The van der Waals surface area contributed by atoms with Gasteiger partial charge in [-0.05, 0) is 43.2 Å². The van der Waals surface area contributed by atoms with Gasteiger partial charge in [0, 0.05) is 12.4 Å². The molecule has 3 rings (SSSR count). The van der Waals surface area contributed by atoms with Crippen LogP contribution >= 0.6 is 0 Å². The van der Waals surface area contributed by atoms with Crippen molar-refractivity contribution >= 4 is 17.9 Å². The maximum atomic E-state index is 6.26. The summed E-state index contributed by atoms with van der Waals surface area (Å²) in [6.45, 7) is 9.06. The molecule has 1 fully saturated rings. The number of pyridine rings is 1. The molecular formula is C14H19BN2O. The van der Waals surface area contributed by atoms with E-state index in [0.717, 1.165) is 11.8 Å². The molecule has 0 saturated carbocycles. The summed E-state index contributed by atoms with van der Waals surface area (Å²) in [6.07, 6.45) is 4.96. The van der Waals surface area contributed by atoms with E-state index in [-0.39, 0.29) is 17.9 Å². The number of hydrogen-bond acceptors (Lipinski definition) is 2. The van der Waals surface area contributed by atoms with Crippen LogP contribution in [0.2, 0.25) is 6.32 Å². The maximum absolute atomic E-state index is 6.26. The van der Waals surface area contributed by atoms with Crippen LogP contribution in [-0.2, 0) is 4.65 Å². The van der Waals surface area contributed by atoms with Crippen molar-refractivity contribution in [2.45, 2.75) is 39.6 Å². The minimum absolute atomic E-state index is 0.0965. The summed E-state index contributed by atoms with van der Waals surface area (Å²) in [5.74, 6) is 0. The van der Waals surface area contributed by atoms with Crippen LogP contribution in [0.3, 0.4) is 0 Å². The van der Waals surface area contributed by atoms with E-state index in [1.54, 1.807) is 0 Å². The lowest BCUT2D eigenvalue weighted by Crippen LogP contribution is -2.36. The second-order valence-corrected chi connectivity index (χ2v) is 6.34. The van der Waals surface area contributed by atoms with E-state index >= 15 is 0 Å². The predicted molar refractivity (Wildman–Crippen MR) is 74.3 cm³/mol. The molecule has 1 saturated heterocycles. The third-order valence-corrected chi connectivity index (χ3v) is 4.57. The van der Waals surface area contributed by atoms with Gasteiger partial charge in [-0.1, -0.05) is 19.9 Å². The van der Waals surface area contributed by atoms with Crippen LogP contribution in [0.15, 0.2) is 30.6 Å². The molecule has 0 bridgehead atoms. The minimum Gasteiger partial charge on any atom is -0.425 e. The van der Waals surface area contributed by atoms with Crippen molar-refractivity contribution in [3.8, 4) is 0 Å². The molecule has 3 nitrogen and oxygen atoms in total. The zero-order valence-corrected chi connectivity index (χ0v) is 11.5. The second-order valence-electron chi connectivity index (χ2n) is 6.34. The van der Waals surface area contributed by atoms with Crippen LogP contribution in [0.25, 0.3) is 5.52 Å². The zero-order chi connectivity index (χ0) is 13.0. The molecule has 2 aromatic rings. The third kappa shape index (κ3) is 1.59. The molecule has 1 aliphatic rings. The molecule has 0 spiro atoms. The first-order valence-corrected chi connectivity index (χ1v) is 6.51. The average Bonchev–Trinajstić information content (AvgIpc) is 2.78. The zero-order valence-electron chi connectivity index (χ0n) is 11.5. The Kier molecular flexibility index (Phi) is 2.36. The van der Waals surface area contributed by atoms with Crippen molar-refractivity contribution in [1.29, 1.82) is 0 Å². The summed E-state index contributed by atoms with van der Waals surface area (Å²) in [5, 5.41) is 4.40. The molecule has 4 heteroatoms. The predicted octanol–water partition coefficient (Wildman–Crippen LogP) is 2.37. The standard InChI is InChI=1S/C14H19BN2O/c1-13(2)10-15(18-14(13,3)4)11-9-16-17-8-6-5-7-12(11)17/h5-9H,10H2,1-4H3. The highest BCUT2D eigenvalue weighted by Gasteiger charge is 2.50. The maximum Gasteiger partial charge on any atom is 0.331 e. The highest BCUT2D eigenvalue weighted by atomic mass is 16.5. The summed E-state index contributed by atoms with van der Waals surface area (Å²) in [5.41, 5.74) is 2.44. The first kappa shape index (κ1) is 11.8. The number of nitrogens with zero attached hydrogens (tertiary/aromatic N) is 2. The summed E-state index contributed by atoms with van der Waals surface area (Å²) < 4.78 is 8.18. The van der Waals surface area contributed by atoms with E-state index in [0.29, 0.717) is 0 Å². The fourth-order valence-electron chi connectivity index (χ4n) is 2.64. The average molecular weight is 242 g/mol. The first-order valence-electron chi connectivity index (χ1n) is 6.51. The highest BCUT2D eigenvalue weighted by molar-refractivity contribution is 6.70. The molecule has 94 valence electrons. The number of rotatable bonds is 1. The summed E-state index contributed by atoms with van der Waals surface area (Å²) in [6, 6.07) is 6.14. The number of hydrogen-bond donors (Lipinski definition) is 0. The van der Waals surface area contributed by atoms with Gasteiger partial charge in [-0.15, -0.1) is 0 Å². The Hall–Kier alpha value is -1.29. The SMILES string of the molecule is CC1(C)CB(c2cnn3ccccc23)OC1(C)C. The molecule has 0 unspecified atom stereocenters. The Morgan fingerprint density at radius 3 is 2.72 bits per heavy atom. The number of fused-ring (bicyclic) bond motifs is 1. The summed E-state index contributed by atoms with van der Waals surface area (Å²) in [4.78, 5) is 0. The quantitative estimate of drug-likeness (QED) is 0.717. The van der Waals surface area contributed by atoms with Crippen LogP contribution in [0.4, 0.5) is 0 Å². The van der Waals surface area contributed by atoms with Crippen molar-refractivity contribution < 1.29 is 4.65 Å². The van der Waals surface area contributed by atoms with Gasteiger partial charge in [-0.2, -0.15) is 5.10 Å². The van der Waals surface area contributed by atoms with Gasteiger partial charge in [0.2, 0.25) is 0 Å².